The topological polar surface area (TPSA) is 107 Å². The van der Waals surface area contributed by atoms with Crippen LogP contribution in [0, 0.1) is 0 Å². The van der Waals surface area contributed by atoms with Gasteiger partial charge in [0, 0.05) is 18.4 Å². The second-order valence-corrected chi connectivity index (χ2v) is 4.47. The predicted octanol–water partition coefficient (Wildman–Crippen LogP) is 1.17. The lowest BCUT2D eigenvalue weighted by Gasteiger charge is -2.08. The van der Waals surface area contributed by atoms with E-state index in [1.54, 1.807) is 6.07 Å². The van der Waals surface area contributed by atoms with Gasteiger partial charge in [-0.15, -0.1) is 0 Å². The highest BCUT2D eigenvalue weighted by Gasteiger charge is 2.12. The van der Waals surface area contributed by atoms with Crippen molar-refractivity contribution in [1.29, 1.82) is 0 Å². The zero-order chi connectivity index (χ0) is 14.7. The predicted molar refractivity (Wildman–Crippen MR) is 76.5 cm³/mol. The van der Waals surface area contributed by atoms with E-state index in [2.05, 4.69) is 25.0 Å². The monoisotopic (exact) mass is 283 g/mol. The van der Waals surface area contributed by atoms with Crippen LogP contribution in [0.1, 0.15) is 16.2 Å². The highest BCUT2D eigenvalue weighted by Crippen LogP contribution is 2.19. The van der Waals surface area contributed by atoms with Crippen LogP contribution in [0.2, 0.25) is 0 Å². The minimum absolute atomic E-state index is 0.205. The van der Waals surface area contributed by atoms with Crippen LogP contribution in [0.3, 0.4) is 0 Å². The molecule has 7 nitrogen and oxygen atoms in total. The van der Waals surface area contributed by atoms with Crippen molar-refractivity contribution in [2.24, 2.45) is 0 Å². The maximum Gasteiger partial charge on any atom is 0.252 e. The molecule has 3 N–H and O–H groups in total. The number of nitrogens with two attached hydrogens (primary N) is 1. The highest BCUT2D eigenvalue weighted by molar-refractivity contribution is 6.06. The molecule has 1 aromatic carbocycles. The molecule has 0 aliphatic heterocycles. The first-order chi connectivity index (χ1) is 10.2. The maximum absolute atomic E-state index is 12.3. The number of hydrogen-bond acceptors (Lipinski definition) is 6. The number of carbonyl (C=O) groups excluding carboxylic acids is 1. The molecule has 2 aromatic heterocycles. The molecule has 0 bridgehead atoms. The number of amides is 1. The Kier molecular flexibility index (Phi) is 3.46. The largest absolute Gasteiger partial charge is 0.384 e. The Bertz CT molecular complexity index is 770. The molecule has 0 saturated carbocycles. The minimum Gasteiger partial charge on any atom is -0.384 e. The molecule has 0 radical (unpaired) electrons. The standard InChI is InChI=1S/C14H13N5O2/c15-12-7-10(9-3-1-2-4-11(9)18-12)14(20)16-6-5-13-17-8-21-19-13/h1-4,7-8H,5-6H2,(H2,15,18)(H,16,20). The van der Waals surface area contributed by atoms with Gasteiger partial charge in [-0.05, 0) is 12.1 Å². The van der Waals surface area contributed by atoms with Crippen molar-refractivity contribution in [2.45, 2.75) is 6.42 Å². The molecule has 21 heavy (non-hydrogen) atoms. The third kappa shape index (κ3) is 2.81. The van der Waals surface area contributed by atoms with Gasteiger partial charge in [0.25, 0.3) is 5.91 Å². The number of pyridine rings is 1. The van der Waals surface area contributed by atoms with Crippen molar-refractivity contribution in [1.82, 2.24) is 20.4 Å². The molecular formula is C14H13N5O2. The molecular weight excluding hydrogens is 270 g/mol. The zero-order valence-corrected chi connectivity index (χ0v) is 11.1. The lowest BCUT2D eigenvalue weighted by atomic mass is 10.1. The van der Waals surface area contributed by atoms with Crippen LogP contribution >= 0.6 is 0 Å². The fourth-order valence-corrected chi connectivity index (χ4v) is 2.07. The van der Waals surface area contributed by atoms with E-state index in [9.17, 15) is 4.79 Å². The number of nitrogens with zero attached hydrogens (tertiary/aromatic N) is 3. The number of hydrogen-bond donors (Lipinski definition) is 2. The molecule has 0 fully saturated rings. The number of fused-ring (bicyclic) bond motifs is 1. The molecule has 2 heterocycles. The van der Waals surface area contributed by atoms with Gasteiger partial charge in [-0.25, -0.2) is 4.98 Å². The van der Waals surface area contributed by atoms with E-state index in [1.807, 2.05) is 24.3 Å². The first-order valence-electron chi connectivity index (χ1n) is 6.43. The maximum atomic E-state index is 12.3. The Morgan fingerprint density at radius 2 is 2.19 bits per heavy atom. The summed E-state index contributed by atoms with van der Waals surface area (Å²) in [4.78, 5) is 20.4. The molecule has 0 spiro atoms. The Hall–Kier alpha value is -2.96. The van der Waals surface area contributed by atoms with Gasteiger partial charge in [0.1, 0.15) is 5.82 Å². The Morgan fingerprint density at radius 1 is 1.33 bits per heavy atom. The highest BCUT2D eigenvalue weighted by atomic mass is 16.5. The number of carbonyl (C=O) groups is 1. The summed E-state index contributed by atoms with van der Waals surface area (Å²) in [6, 6.07) is 8.95. The zero-order valence-electron chi connectivity index (χ0n) is 11.1. The Labute approximate surface area is 120 Å². The number of nitrogens with one attached hydrogen (secondary N) is 1. The van der Waals surface area contributed by atoms with E-state index in [-0.39, 0.29) is 5.91 Å². The first kappa shape index (κ1) is 13.0. The van der Waals surface area contributed by atoms with Gasteiger partial charge in [0.15, 0.2) is 5.82 Å². The van der Waals surface area contributed by atoms with Gasteiger partial charge >= 0.3 is 0 Å². The SMILES string of the molecule is Nc1cc(C(=O)NCCc2ncon2)c2ccccc2n1. The molecule has 0 aliphatic carbocycles. The van der Waals surface area contributed by atoms with E-state index >= 15 is 0 Å². The number of aromatic nitrogens is 3. The van der Waals surface area contributed by atoms with Crippen LogP contribution in [-0.4, -0.2) is 27.6 Å². The fraction of sp³-hybridized carbons (Fsp3) is 0.143. The van der Waals surface area contributed by atoms with E-state index in [0.29, 0.717) is 35.7 Å². The van der Waals surface area contributed by atoms with E-state index < -0.39 is 0 Å². The van der Waals surface area contributed by atoms with Crippen LogP contribution in [0.5, 0.6) is 0 Å². The van der Waals surface area contributed by atoms with Crippen molar-refractivity contribution in [3.63, 3.8) is 0 Å². The molecule has 3 rings (SSSR count). The molecule has 1 amide bonds. The second-order valence-electron chi connectivity index (χ2n) is 4.47. The number of benzene rings is 1. The quantitative estimate of drug-likeness (QED) is 0.744. The third-order valence-electron chi connectivity index (χ3n) is 3.02. The summed E-state index contributed by atoms with van der Waals surface area (Å²) in [7, 11) is 0. The number of rotatable bonds is 4. The van der Waals surface area contributed by atoms with Gasteiger partial charge < -0.3 is 15.6 Å². The molecule has 0 unspecified atom stereocenters. The van der Waals surface area contributed by atoms with Crippen molar-refractivity contribution in [3.05, 3.63) is 48.1 Å². The van der Waals surface area contributed by atoms with Gasteiger partial charge in [0.2, 0.25) is 6.39 Å². The normalized spacial score (nSPS) is 10.7. The summed E-state index contributed by atoms with van der Waals surface area (Å²) < 4.78 is 4.63. The van der Waals surface area contributed by atoms with E-state index in [4.69, 9.17) is 5.73 Å². The smallest absolute Gasteiger partial charge is 0.252 e. The van der Waals surface area contributed by atoms with Gasteiger partial charge in [-0.3, -0.25) is 4.79 Å². The summed E-state index contributed by atoms with van der Waals surface area (Å²) >= 11 is 0. The lowest BCUT2D eigenvalue weighted by molar-refractivity contribution is 0.0955. The molecule has 7 heteroatoms. The molecule has 3 aromatic rings. The van der Waals surface area contributed by atoms with Crippen LogP contribution in [0.15, 0.2) is 41.2 Å². The first-order valence-corrected chi connectivity index (χ1v) is 6.43. The summed E-state index contributed by atoms with van der Waals surface area (Å²) in [5, 5.41) is 7.26. The van der Waals surface area contributed by atoms with Gasteiger partial charge in [0.05, 0.1) is 11.1 Å². The van der Waals surface area contributed by atoms with Gasteiger partial charge in [-0.2, -0.15) is 4.98 Å². The second kappa shape index (κ2) is 5.58. The summed E-state index contributed by atoms with van der Waals surface area (Å²) in [5.41, 5.74) is 6.95. The molecule has 0 atom stereocenters. The Morgan fingerprint density at radius 3 is 3.00 bits per heavy atom. The lowest BCUT2D eigenvalue weighted by Crippen LogP contribution is -2.26. The van der Waals surface area contributed by atoms with E-state index in [1.165, 1.54) is 6.39 Å². The average Bonchev–Trinajstić information content (AvgIpc) is 2.99. The van der Waals surface area contributed by atoms with Gasteiger partial charge in [-0.1, -0.05) is 23.4 Å². The van der Waals surface area contributed by atoms with Crippen molar-refractivity contribution >= 4 is 22.6 Å². The van der Waals surface area contributed by atoms with Crippen LogP contribution in [0.4, 0.5) is 5.82 Å². The van der Waals surface area contributed by atoms with Crippen LogP contribution in [0.25, 0.3) is 10.9 Å². The minimum atomic E-state index is -0.205. The van der Waals surface area contributed by atoms with E-state index in [0.717, 1.165) is 5.39 Å². The fourth-order valence-electron chi connectivity index (χ4n) is 2.07. The van der Waals surface area contributed by atoms with Crippen LogP contribution < -0.4 is 11.1 Å². The number of nitrogen functional groups attached to an aromatic ring is 1. The number of para-hydroxylation sites is 1. The number of anilines is 1. The van der Waals surface area contributed by atoms with Crippen molar-refractivity contribution < 1.29 is 9.32 Å². The summed E-state index contributed by atoms with van der Waals surface area (Å²) in [6.45, 7) is 0.412. The average molecular weight is 283 g/mol. The summed E-state index contributed by atoms with van der Waals surface area (Å²) in [5.74, 6) is 0.662. The summed E-state index contributed by atoms with van der Waals surface area (Å²) in [6.07, 6.45) is 1.76. The van der Waals surface area contributed by atoms with Crippen LogP contribution in [-0.2, 0) is 6.42 Å². The third-order valence-corrected chi connectivity index (χ3v) is 3.02. The molecule has 0 aliphatic rings. The Balaban J connectivity index is 1.78. The van der Waals surface area contributed by atoms with Crippen molar-refractivity contribution in [3.8, 4) is 0 Å². The van der Waals surface area contributed by atoms with Crippen molar-refractivity contribution in [2.75, 3.05) is 12.3 Å². The molecule has 0 saturated heterocycles. The molecule has 106 valence electrons.